The lowest BCUT2D eigenvalue weighted by atomic mass is 10.3. The second-order valence-electron chi connectivity index (χ2n) is 2.64. The number of hydrogen-bond acceptors (Lipinski definition) is 4. The smallest absolute Gasteiger partial charge is 0.155 e. The Bertz CT molecular complexity index is 221. The van der Waals surface area contributed by atoms with E-state index < -0.39 is 22.0 Å². The van der Waals surface area contributed by atoms with Crippen LogP contribution in [0.25, 0.3) is 0 Å². The van der Waals surface area contributed by atoms with Crippen LogP contribution in [0.3, 0.4) is 0 Å². The summed E-state index contributed by atoms with van der Waals surface area (Å²) in [5.74, 6) is -0.195. The first-order valence-corrected chi connectivity index (χ1v) is 5.37. The van der Waals surface area contributed by atoms with Crippen LogP contribution in [0.2, 0.25) is 0 Å². The van der Waals surface area contributed by atoms with Crippen molar-refractivity contribution in [3.05, 3.63) is 0 Å². The molecule has 0 unspecified atom stereocenters. The van der Waals surface area contributed by atoms with Gasteiger partial charge in [0.25, 0.3) is 0 Å². The zero-order valence-corrected chi connectivity index (χ0v) is 7.17. The zero-order chi connectivity index (χ0) is 8.48. The van der Waals surface area contributed by atoms with E-state index in [1.807, 2.05) is 0 Å². The van der Waals surface area contributed by atoms with Gasteiger partial charge in [-0.05, 0) is 6.92 Å². The Morgan fingerprint density at radius 2 is 2.18 bits per heavy atom. The molecular formula is C6H12O4S. The van der Waals surface area contributed by atoms with Gasteiger partial charge < -0.3 is 9.84 Å². The molecule has 0 amide bonds. The third kappa shape index (κ3) is 2.15. The molecule has 4 nitrogen and oxygen atoms in total. The van der Waals surface area contributed by atoms with E-state index in [-0.39, 0.29) is 11.5 Å². The molecule has 0 aromatic carbocycles. The van der Waals surface area contributed by atoms with Gasteiger partial charge in [0, 0.05) is 6.61 Å². The molecule has 0 aromatic rings. The van der Waals surface area contributed by atoms with Crippen molar-refractivity contribution in [2.24, 2.45) is 0 Å². The third-order valence-corrected chi connectivity index (χ3v) is 3.34. The number of sulfone groups is 1. The van der Waals surface area contributed by atoms with Gasteiger partial charge in [-0.1, -0.05) is 0 Å². The lowest BCUT2D eigenvalue weighted by Gasteiger charge is -2.11. The van der Waals surface area contributed by atoms with Gasteiger partial charge in [0.15, 0.2) is 9.84 Å². The maximum absolute atomic E-state index is 10.9. The maximum atomic E-state index is 10.9. The summed E-state index contributed by atoms with van der Waals surface area (Å²) in [5.41, 5.74) is 0. The highest BCUT2D eigenvalue weighted by Gasteiger charge is 2.36. The molecule has 1 aliphatic heterocycles. The Morgan fingerprint density at radius 3 is 2.55 bits per heavy atom. The molecule has 1 aliphatic rings. The van der Waals surface area contributed by atoms with Crippen molar-refractivity contribution >= 4 is 9.84 Å². The summed E-state index contributed by atoms with van der Waals surface area (Å²) in [6, 6.07) is 0. The van der Waals surface area contributed by atoms with E-state index in [1.54, 1.807) is 6.92 Å². The van der Waals surface area contributed by atoms with Crippen LogP contribution in [0.4, 0.5) is 0 Å². The van der Waals surface area contributed by atoms with Crippen LogP contribution in [-0.4, -0.2) is 43.8 Å². The van der Waals surface area contributed by atoms with Crippen LogP contribution in [0.1, 0.15) is 6.92 Å². The van der Waals surface area contributed by atoms with Crippen molar-refractivity contribution in [3.8, 4) is 0 Å². The van der Waals surface area contributed by atoms with Crippen molar-refractivity contribution in [2.45, 2.75) is 19.1 Å². The SMILES string of the molecule is CCO[C@@H]1CS(=O)(=O)C[C@H]1O. The molecule has 11 heavy (non-hydrogen) atoms. The van der Waals surface area contributed by atoms with Crippen molar-refractivity contribution < 1.29 is 18.3 Å². The summed E-state index contributed by atoms with van der Waals surface area (Å²) < 4.78 is 26.8. The first-order valence-electron chi connectivity index (χ1n) is 3.55. The summed E-state index contributed by atoms with van der Waals surface area (Å²) >= 11 is 0. The third-order valence-electron chi connectivity index (χ3n) is 1.65. The molecule has 1 N–H and O–H groups in total. The van der Waals surface area contributed by atoms with Crippen LogP contribution < -0.4 is 0 Å². The molecule has 0 aliphatic carbocycles. The van der Waals surface area contributed by atoms with E-state index in [0.29, 0.717) is 6.61 Å². The van der Waals surface area contributed by atoms with E-state index in [4.69, 9.17) is 9.84 Å². The molecular weight excluding hydrogens is 168 g/mol. The van der Waals surface area contributed by atoms with Gasteiger partial charge in [-0.15, -0.1) is 0 Å². The van der Waals surface area contributed by atoms with Gasteiger partial charge in [0.05, 0.1) is 23.7 Å². The van der Waals surface area contributed by atoms with Crippen molar-refractivity contribution in [3.63, 3.8) is 0 Å². The quantitative estimate of drug-likeness (QED) is 0.603. The maximum Gasteiger partial charge on any atom is 0.155 e. The van der Waals surface area contributed by atoms with E-state index in [2.05, 4.69) is 0 Å². The highest BCUT2D eigenvalue weighted by atomic mass is 32.2. The monoisotopic (exact) mass is 180 g/mol. The second-order valence-corrected chi connectivity index (χ2v) is 4.79. The molecule has 0 radical (unpaired) electrons. The number of ether oxygens (including phenoxy) is 1. The number of hydrogen-bond donors (Lipinski definition) is 1. The molecule has 1 saturated heterocycles. The molecule has 1 rings (SSSR count). The normalized spacial score (nSPS) is 35.8. The highest BCUT2D eigenvalue weighted by molar-refractivity contribution is 7.91. The van der Waals surface area contributed by atoms with Gasteiger partial charge in [0.1, 0.15) is 0 Å². The van der Waals surface area contributed by atoms with Crippen molar-refractivity contribution in [1.82, 2.24) is 0 Å². The van der Waals surface area contributed by atoms with Crippen molar-refractivity contribution in [1.29, 1.82) is 0 Å². The fourth-order valence-electron chi connectivity index (χ4n) is 1.17. The van der Waals surface area contributed by atoms with Gasteiger partial charge in [-0.3, -0.25) is 0 Å². The minimum atomic E-state index is -3.04. The van der Waals surface area contributed by atoms with Crippen molar-refractivity contribution in [2.75, 3.05) is 18.1 Å². The molecule has 0 saturated carbocycles. The molecule has 2 atom stereocenters. The Kier molecular flexibility index (Phi) is 2.51. The summed E-state index contributed by atoms with van der Waals surface area (Å²) in [6.07, 6.45) is -1.34. The molecule has 1 fully saturated rings. The Labute approximate surface area is 66.1 Å². The van der Waals surface area contributed by atoms with Crippen LogP contribution in [0.15, 0.2) is 0 Å². The lowest BCUT2D eigenvalue weighted by molar-refractivity contribution is -0.00172. The summed E-state index contributed by atoms with van der Waals surface area (Å²) in [7, 11) is -3.04. The number of rotatable bonds is 2. The Morgan fingerprint density at radius 1 is 1.55 bits per heavy atom. The molecule has 66 valence electrons. The van der Waals surface area contributed by atoms with Gasteiger partial charge >= 0.3 is 0 Å². The predicted molar refractivity (Wildman–Crippen MR) is 40.1 cm³/mol. The molecule has 0 bridgehead atoms. The van der Waals surface area contributed by atoms with E-state index >= 15 is 0 Å². The largest absolute Gasteiger partial charge is 0.389 e. The molecule has 5 heteroatoms. The zero-order valence-electron chi connectivity index (χ0n) is 6.36. The number of aliphatic hydroxyl groups is 1. The van der Waals surface area contributed by atoms with Crippen LogP contribution in [0.5, 0.6) is 0 Å². The lowest BCUT2D eigenvalue weighted by Crippen LogP contribution is -2.26. The topological polar surface area (TPSA) is 63.6 Å². The first kappa shape index (κ1) is 8.96. The summed E-state index contributed by atoms with van der Waals surface area (Å²) in [4.78, 5) is 0. The minimum absolute atomic E-state index is 0.0397. The summed E-state index contributed by atoms with van der Waals surface area (Å²) in [5, 5.41) is 9.15. The standard InChI is InChI=1S/C6H12O4S/c1-2-10-6-4-11(8,9)3-5(6)7/h5-7H,2-4H2,1H3/t5-,6-/m1/s1. The Hall–Kier alpha value is -0.130. The van der Waals surface area contributed by atoms with E-state index in [1.165, 1.54) is 0 Å². The van der Waals surface area contributed by atoms with Crippen LogP contribution in [-0.2, 0) is 14.6 Å². The average molecular weight is 180 g/mol. The van der Waals surface area contributed by atoms with Gasteiger partial charge in [-0.25, -0.2) is 8.42 Å². The molecule has 0 aromatic heterocycles. The molecule has 0 spiro atoms. The highest BCUT2D eigenvalue weighted by Crippen LogP contribution is 2.15. The van der Waals surface area contributed by atoms with E-state index in [0.717, 1.165) is 0 Å². The second kappa shape index (κ2) is 3.08. The van der Waals surface area contributed by atoms with Crippen LogP contribution >= 0.6 is 0 Å². The van der Waals surface area contributed by atoms with Gasteiger partial charge in [0.2, 0.25) is 0 Å². The number of aliphatic hydroxyl groups excluding tert-OH is 1. The van der Waals surface area contributed by atoms with Crippen LogP contribution in [0, 0.1) is 0 Å². The van der Waals surface area contributed by atoms with E-state index in [9.17, 15) is 8.42 Å². The Balaban J connectivity index is 2.59. The fourth-order valence-corrected chi connectivity index (χ4v) is 2.86. The summed E-state index contributed by atoms with van der Waals surface area (Å²) in [6.45, 7) is 2.22. The van der Waals surface area contributed by atoms with Gasteiger partial charge in [-0.2, -0.15) is 0 Å². The minimum Gasteiger partial charge on any atom is -0.389 e. The first-order chi connectivity index (χ1) is 5.05. The average Bonchev–Trinajstić information content (AvgIpc) is 2.07. The molecule has 1 heterocycles. The predicted octanol–water partition coefficient (Wildman–Crippen LogP) is -0.819. The fraction of sp³-hybridized carbons (Fsp3) is 1.00.